The molecule has 0 aromatic heterocycles. The second-order valence-corrected chi connectivity index (χ2v) is 4.93. The lowest BCUT2D eigenvalue weighted by Crippen LogP contribution is -2.46. The van der Waals surface area contributed by atoms with Crippen LogP contribution in [0.25, 0.3) is 0 Å². The lowest BCUT2D eigenvalue weighted by Gasteiger charge is -2.18. The molecule has 1 amide bonds. The highest BCUT2D eigenvalue weighted by molar-refractivity contribution is 5.80. The largest absolute Gasteiger partial charge is 0.494 e. The summed E-state index contributed by atoms with van der Waals surface area (Å²) in [5.74, 6) is -0.886. The minimum atomic E-state index is -1.95. The van der Waals surface area contributed by atoms with Crippen molar-refractivity contribution in [2.45, 2.75) is 32.3 Å². The number of ether oxygens (including phenoxy) is 1. The monoisotopic (exact) mass is 295 g/mol. The molecule has 116 valence electrons. The molecule has 0 fully saturated rings. The van der Waals surface area contributed by atoms with E-state index >= 15 is 0 Å². The maximum Gasteiger partial charge on any atom is 0.337 e. The molecule has 1 aromatic carbocycles. The van der Waals surface area contributed by atoms with Gasteiger partial charge in [0.2, 0.25) is 5.91 Å². The fourth-order valence-corrected chi connectivity index (χ4v) is 1.61. The first-order valence-corrected chi connectivity index (χ1v) is 6.79. The van der Waals surface area contributed by atoms with E-state index in [0.717, 1.165) is 18.2 Å². The lowest BCUT2D eigenvalue weighted by molar-refractivity contribution is -0.156. The Morgan fingerprint density at radius 3 is 2.43 bits per heavy atom. The Morgan fingerprint density at radius 2 is 1.90 bits per heavy atom. The summed E-state index contributed by atoms with van der Waals surface area (Å²) in [4.78, 5) is 22.3. The Morgan fingerprint density at radius 1 is 1.29 bits per heavy atom. The van der Waals surface area contributed by atoms with Gasteiger partial charge < -0.3 is 20.3 Å². The number of carbonyl (C=O) groups is 2. The van der Waals surface area contributed by atoms with Crippen LogP contribution in [-0.4, -0.2) is 40.8 Å². The van der Waals surface area contributed by atoms with E-state index in [0.29, 0.717) is 13.0 Å². The van der Waals surface area contributed by atoms with Gasteiger partial charge in [0.1, 0.15) is 5.75 Å². The van der Waals surface area contributed by atoms with E-state index in [1.54, 1.807) is 0 Å². The van der Waals surface area contributed by atoms with Crippen molar-refractivity contribution in [3.8, 4) is 5.75 Å². The predicted octanol–water partition coefficient (Wildman–Crippen LogP) is 0.970. The van der Waals surface area contributed by atoms with Gasteiger partial charge in [0.25, 0.3) is 0 Å². The molecule has 21 heavy (non-hydrogen) atoms. The van der Waals surface area contributed by atoms with E-state index in [4.69, 9.17) is 9.84 Å². The summed E-state index contributed by atoms with van der Waals surface area (Å²) in [6.07, 6.45) is 0.761. The molecule has 0 radical (unpaired) electrons. The summed E-state index contributed by atoms with van der Waals surface area (Å²) < 4.78 is 5.32. The number of carbonyl (C=O) groups excluding carboxylic acids is 1. The zero-order valence-electron chi connectivity index (χ0n) is 12.3. The van der Waals surface area contributed by atoms with Gasteiger partial charge in [0.15, 0.2) is 5.60 Å². The number of nitrogens with one attached hydrogen (secondary N) is 1. The van der Waals surface area contributed by atoms with Crippen molar-refractivity contribution >= 4 is 11.9 Å². The molecule has 0 heterocycles. The van der Waals surface area contributed by atoms with Crippen LogP contribution in [0.5, 0.6) is 5.75 Å². The molecule has 1 unspecified atom stereocenters. The first-order valence-electron chi connectivity index (χ1n) is 6.79. The van der Waals surface area contributed by atoms with E-state index in [1.807, 2.05) is 31.2 Å². The van der Waals surface area contributed by atoms with Gasteiger partial charge in [-0.3, -0.25) is 4.79 Å². The number of carboxylic acids is 1. The molecule has 0 bridgehead atoms. The molecular formula is C15H21NO5. The molecule has 1 rings (SSSR count). The van der Waals surface area contributed by atoms with E-state index in [2.05, 4.69) is 5.32 Å². The van der Waals surface area contributed by atoms with Crippen molar-refractivity contribution in [1.29, 1.82) is 0 Å². The van der Waals surface area contributed by atoms with E-state index in [1.165, 1.54) is 0 Å². The van der Waals surface area contributed by atoms with Crippen molar-refractivity contribution in [3.63, 3.8) is 0 Å². The van der Waals surface area contributed by atoms with Crippen LogP contribution in [0.1, 0.15) is 25.8 Å². The number of rotatable bonds is 8. The summed E-state index contributed by atoms with van der Waals surface area (Å²) in [5.41, 5.74) is -0.965. The van der Waals surface area contributed by atoms with Crippen LogP contribution in [0.15, 0.2) is 24.3 Å². The minimum absolute atomic E-state index is 0.226. The van der Waals surface area contributed by atoms with Crippen molar-refractivity contribution in [3.05, 3.63) is 29.8 Å². The van der Waals surface area contributed by atoms with Gasteiger partial charge in [-0.05, 0) is 38.0 Å². The maximum atomic E-state index is 11.6. The normalized spacial score (nSPS) is 13.3. The lowest BCUT2D eigenvalue weighted by atomic mass is 10.1. The van der Waals surface area contributed by atoms with Crippen molar-refractivity contribution in [2.24, 2.45) is 0 Å². The molecule has 1 aromatic rings. The first kappa shape index (κ1) is 17.0. The smallest absolute Gasteiger partial charge is 0.337 e. The van der Waals surface area contributed by atoms with Gasteiger partial charge in [-0.1, -0.05) is 12.1 Å². The Balaban J connectivity index is 2.37. The molecule has 0 saturated heterocycles. The van der Waals surface area contributed by atoms with Crippen LogP contribution in [0.3, 0.4) is 0 Å². The van der Waals surface area contributed by atoms with E-state index in [-0.39, 0.29) is 18.9 Å². The summed E-state index contributed by atoms with van der Waals surface area (Å²) in [6, 6.07) is 7.44. The molecule has 0 aliphatic rings. The third-order valence-corrected chi connectivity index (χ3v) is 2.97. The molecular weight excluding hydrogens is 274 g/mol. The number of carboxylic acid groups (broad SMARTS) is 1. The second-order valence-electron chi connectivity index (χ2n) is 4.93. The number of benzene rings is 1. The summed E-state index contributed by atoms with van der Waals surface area (Å²) in [7, 11) is 0. The standard InChI is InChI=1S/C15H21NO5/c1-3-21-12-7-4-11(5-8-12)6-9-13(17)16-10-15(2,20)14(18)19/h4-5,7-8,20H,3,6,9-10H2,1-2H3,(H,16,17)(H,18,19). The van der Waals surface area contributed by atoms with E-state index < -0.39 is 11.6 Å². The van der Waals surface area contributed by atoms with Gasteiger partial charge in [0, 0.05) is 6.42 Å². The van der Waals surface area contributed by atoms with Crippen molar-refractivity contribution in [2.75, 3.05) is 13.2 Å². The highest BCUT2D eigenvalue weighted by Gasteiger charge is 2.30. The molecule has 0 spiro atoms. The Labute approximate surface area is 123 Å². The van der Waals surface area contributed by atoms with Gasteiger partial charge in [-0.25, -0.2) is 4.79 Å². The summed E-state index contributed by atoms with van der Waals surface area (Å²) in [5, 5.41) is 20.6. The molecule has 0 aliphatic carbocycles. The quantitative estimate of drug-likeness (QED) is 0.664. The average Bonchev–Trinajstić information content (AvgIpc) is 2.44. The van der Waals surface area contributed by atoms with Crippen LogP contribution in [0.4, 0.5) is 0 Å². The van der Waals surface area contributed by atoms with Crippen LogP contribution in [-0.2, 0) is 16.0 Å². The second kappa shape index (κ2) is 7.64. The summed E-state index contributed by atoms with van der Waals surface area (Å²) >= 11 is 0. The number of aliphatic hydroxyl groups is 1. The van der Waals surface area contributed by atoms with Crippen LogP contribution in [0, 0.1) is 0 Å². The van der Waals surface area contributed by atoms with Gasteiger partial charge >= 0.3 is 5.97 Å². The number of amides is 1. The molecule has 6 heteroatoms. The topological polar surface area (TPSA) is 95.9 Å². The third kappa shape index (κ3) is 5.83. The molecule has 0 aliphatic heterocycles. The number of aryl methyl sites for hydroxylation is 1. The molecule has 3 N–H and O–H groups in total. The van der Waals surface area contributed by atoms with Gasteiger partial charge in [-0.2, -0.15) is 0 Å². The number of aliphatic carboxylic acids is 1. The maximum absolute atomic E-state index is 11.6. The Kier molecular flexibility index (Phi) is 6.17. The Bertz CT molecular complexity index is 481. The number of hydrogen-bond acceptors (Lipinski definition) is 4. The van der Waals surface area contributed by atoms with E-state index in [9.17, 15) is 14.7 Å². The highest BCUT2D eigenvalue weighted by Crippen LogP contribution is 2.13. The molecule has 0 saturated carbocycles. The van der Waals surface area contributed by atoms with Crippen molar-refractivity contribution in [1.82, 2.24) is 5.32 Å². The Hall–Kier alpha value is -2.08. The zero-order chi connectivity index (χ0) is 15.9. The molecule has 1 atom stereocenters. The molecule has 6 nitrogen and oxygen atoms in total. The van der Waals surface area contributed by atoms with Crippen molar-refractivity contribution < 1.29 is 24.5 Å². The fraction of sp³-hybridized carbons (Fsp3) is 0.467. The number of hydrogen-bond donors (Lipinski definition) is 3. The van der Waals surface area contributed by atoms with Crippen LogP contribution in [0.2, 0.25) is 0 Å². The summed E-state index contributed by atoms with van der Waals surface area (Å²) in [6.45, 7) is 3.34. The zero-order valence-corrected chi connectivity index (χ0v) is 12.3. The van der Waals surface area contributed by atoms with Gasteiger partial charge in [0.05, 0.1) is 13.2 Å². The first-order chi connectivity index (χ1) is 9.85. The third-order valence-electron chi connectivity index (χ3n) is 2.97. The van der Waals surface area contributed by atoms with Gasteiger partial charge in [-0.15, -0.1) is 0 Å². The fourth-order valence-electron chi connectivity index (χ4n) is 1.61. The minimum Gasteiger partial charge on any atom is -0.494 e. The average molecular weight is 295 g/mol. The van der Waals surface area contributed by atoms with Crippen LogP contribution < -0.4 is 10.1 Å². The highest BCUT2D eigenvalue weighted by atomic mass is 16.5. The SMILES string of the molecule is CCOc1ccc(CCC(=O)NCC(C)(O)C(=O)O)cc1. The predicted molar refractivity (Wildman–Crippen MR) is 77.2 cm³/mol. The van der Waals surface area contributed by atoms with Crippen LogP contribution >= 0.6 is 0 Å².